The molecule has 62 valence electrons. The zero-order valence-corrected chi connectivity index (χ0v) is 7.61. The van der Waals surface area contributed by atoms with Gasteiger partial charge in [-0.2, -0.15) is 0 Å². The summed E-state index contributed by atoms with van der Waals surface area (Å²) in [5.74, 6) is 0. The van der Waals surface area contributed by atoms with Gasteiger partial charge in [-0.3, -0.25) is 4.98 Å². The molecule has 0 aromatic carbocycles. The lowest BCUT2D eigenvalue weighted by Crippen LogP contribution is -2.01. The molecular weight excluding hydrogens is 160 g/mol. The number of halogens is 1. The first kappa shape index (κ1) is 10.4. The molecule has 2 nitrogen and oxygen atoms in total. The van der Waals surface area contributed by atoms with Gasteiger partial charge in [0.15, 0.2) is 0 Å². The summed E-state index contributed by atoms with van der Waals surface area (Å²) in [5, 5.41) is 0. The summed E-state index contributed by atoms with van der Waals surface area (Å²) >= 11 is 0. The van der Waals surface area contributed by atoms with Gasteiger partial charge in [0.05, 0.1) is 5.69 Å². The number of aryl methyl sites for hydroxylation is 2. The SMILES string of the molecule is Cc1cnc(CN)c(C)c1.Cl. The van der Waals surface area contributed by atoms with Gasteiger partial charge in [-0.05, 0) is 25.0 Å². The zero-order valence-electron chi connectivity index (χ0n) is 6.79. The Kier molecular flexibility index (Phi) is 4.08. The average molecular weight is 173 g/mol. The van der Waals surface area contributed by atoms with Gasteiger partial charge >= 0.3 is 0 Å². The minimum atomic E-state index is 0. The highest BCUT2D eigenvalue weighted by molar-refractivity contribution is 5.85. The van der Waals surface area contributed by atoms with Crippen molar-refractivity contribution in [3.8, 4) is 0 Å². The Morgan fingerprint density at radius 2 is 2.09 bits per heavy atom. The van der Waals surface area contributed by atoms with E-state index in [9.17, 15) is 0 Å². The molecule has 0 aliphatic rings. The van der Waals surface area contributed by atoms with Crippen LogP contribution in [0, 0.1) is 13.8 Å². The van der Waals surface area contributed by atoms with Gasteiger partial charge in [0, 0.05) is 12.7 Å². The monoisotopic (exact) mass is 172 g/mol. The molecule has 1 heterocycles. The van der Waals surface area contributed by atoms with E-state index >= 15 is 0 Å². The van der Waals surface area contributed by atoms with Crippen molar-refractivity contribution >= 4 is 12.4 Å². The summed E-state index contributed by atoms with van der Waals surface area (Å²) in [6.07, 6.45) is 1.84. The van der Waals surface area contributed by atoms with E-state index in [4.69, 9.17) is 5.73 Å². The van der Waals surface area contributed by atoms with Crippen LogP contribution >= 0.6 is 12.4 Å². The van der Waals surface area contributed by atoms with Gasteiger partial charge in [0.2, 0.25) is 0 Å². The van der Waals surface area contributed by atoms with Crippen LogP contribution in [0.5, 0.6) is 0 Å². The largest absolute Gasteiger partial charge is 0.325 e. The fraction of sp³-hybridized carbons (Fsp3) is 0.375. The molecule has 0 amide bonds. The van der Waals surface area contributed by atoms with E-state index in [-0.39, 0.29) is 12.4 Å². The van der Waals surface area contributed by atoms with Gasteiger partial charge in [-0.25, -0.2) is 0 Å². The third-order valence-corrected chi connectivity index (χ3v) is 1.52. The number of nitrogens with zero attached hydrogens (tertiary/aromatic N) is 1. The molecule has 0 saturated heterocycles. The molecule has 11 heavy (non-hydrogen) atoms. The Morgan fingerprint density at radius 3 is 2.55 bits per heavy atom. The number of pyridine rings is 1. The molecule has 0 radical (unpaired) electrons. The molecule has 1 aromatic rings. The van der Waals surface area contributed by atoms with Crippen LogP contribution < -0.4 is 5.73 Å². The van der Waals surface area contributed by atoms with Crippen LogP contribution in [-0.4, -0.2) is 4.98 Å². The first-order valence-corrected chi connectivity index (χ1v) is 3.36. The molecule has 0 fully saturated rings. The normalized spacial score (nSPS) is 9.00. The fourth-order valence-electron chi connectivity index (χ4n) is 0.957. The van der Waals surface area contributed by atoms with Gasteiger partial charge < -0.3 is 5.73 Å². The van der Waals surface area contributed by atoms with Crippen molar-refractivity contribution < 1.29 is 0 Å². The number of nitrogens with two attached hydrogens (primary N) is 1. The van der Waals surface area contributed by atoms with E-state index in [0.29, 0.717) is 6.54 Å². The summed E-state index contributed by atoms with van der Waals surface area (Å²) in [7, 11) is 0. The quantitative estimate of drug-likeness (QED) is 0.699. The van der Waals surface area contributed by atoms with Crippen molar-refractivity contribution in [3.05, 3.63) is 29.1 Å². The van der Waals surface area contributed by atoms with Crippen LogP contribution in [0.1, 0.15) is 16.8 Å². The van der Waals surface area contributed by atoms with E-state index in [1.54, 1.807) is 0 Å². The number of rotatable bonds is 1. The lowest BCUT2D eigenvalue weighted by molar-refractivity contribution is 0.962. The maximum atomic E-state index is 5.44. The van der Waals surface area contributed by atoms with Crippen molar-refractivity contribution in [2.24, 2.45) is 5.73 Å². The zero-order chi connectivity index (χ0) is 7.56. The maximum absolute atomic E-state index is 5.44. The third kappa shape index (κ3) is 2.48. The first-order valence-electron chi connectivity index (χ1n) is 3.36. The van der Waals surface area contributed by atoms with Crippen molar-refractivity contribution in [1.82, 2.24) is 4.98 Å². The topological polar surface area (TPSA) is 38.9 Å². The fourth-order valence-corrected chi connectivity index (χ4v) is 0.957. The van der Waals surface area contributed by atoms with Crippen LogP contribution in [0.4, 0.5) is 0 Å². The summed E-state index contributed by atoms with van der Waals surface area (Å²) in [4.78, 5) is 4.17. The lowest BCUT2D eigenvalue weighted by Gasteiger charge is -2.00. The van der Waals surface area contributed by atoms with Crippen molar-refractivity contribution in [1.29, 1.82) is 0 Å². The lowest BCUT2D eigenvalue weighted by atomic mass is 10.2. The Morgan fingerprint density at radius 1 is 1.45 bits per heavy atom. The van der Waals surface area contributed by atoms with Crippen LogP contribution in [-0.2, 0) is 6.54 Å². The van der Waals surface area contributed by atoms with E-state index in [1.165, 1.54) is 11.1 Å². The van der Waals surface area contributed by atoms with Gasteiger partial charge in [-0.1, -0.05) is 6.07 Å². The minimum absolute atomic E-state index is 0. The standard InChI is InChI=1S/C8H12N2.ClH/c1-6-3-7(2)8(4-9)10-5-6;/h3,5H,4,9H2,1-2H3;1H. The van der Waals surface area contributed by atoms with Gasteiger partial charge in [0.25, 0.3) is 0 Å². The van der Waals surface area contributed by atoms with Crippen LogP contribution in [0.2, 0.25) is 0 Å². The van der Waals surface area contributed by atoms with E-state index < -0.39 is 0 Å². The number of hydrogen-bond donors (Lipinski definition) is 1. The van der Waals surface area contributed by atoms with Crippen LogP contribution in [0.3, 0.4) is 0 Å². The number of aromatic nitrogens is 1. The highest BCUT2D eigenvalue weighted by Crippen LogP contribution is 2.04. The maximum Gasteiger partial charge on any atom is 0.0568 e. The molecule has 0 saturated carbocycles. The molecule has 3 heteroatoms. The highest BCUT2D eigenvalue weighted by atomic mass is 35.5. The number of hydrogen-bond acceptors (Lipinski definition) is 2. The summed E-state index contributed by atoms with van der Waals surface area (Å²) in [6.45, 7) is 4.59. The molecule has 1 rings (SSSR count). The van der Waals surface area contributed by atoms with Crippen molar-refractivity contribution in [2.75, 3.05) is 0 Å². The second kappa shape index (κ2) is 4.31. The molecule has 1 aromatic heterocycles. The van der Waals surface area contributed by atoms with E-state index in [0.717, 1.165) is 5.69 Å². The Bertz CT molecular complexity index is 236. The molecule has 0 spiro atoms. The molecule has 0 bridgehead atoms. The van der Waals surface area contributed by atoms with Gasteiger partial charge in [-0.15, -0.1) is 12.4 Å². The van der Waals surface area contributed by atoms with E-state index in [1.807, 2.05) is 20.0 Å². The van der Waals surface area contributed by atoms with Crippen molar-refractivity contribution in [2.45, 2.75) is 20.4 Å². The molecule has 0 aliphatic carbocycles. The molecular formula is C8H13ClN2. The van der Waals surface area contributed by atoms with Crippen LogP contribution in [0.25, 0.3) is 0 Å². The molecule has 0 atom stereocenters. The summed E-state index contributed by atoms with van der Waals surface area (Å²) in [5.41, 5.74) is 8.80. The van der Waals surface area contributed by atoms with Gasteiger partial charge in [0.1, 0.15) is 0 Å². The second-order valence-electron chi connectivity index (χ2n) is 2.48. The minimum Gasteiger partial charge on any atom is -0.325 e. The molecule has 0 aliphatic heterocycles. The molecule has 0 unspecified atom stereocenters. The predicted octanol–water partition coefficient (Wildman–Crippen LogP) is 1.58. The highest BCUT2D eigenvalue weighted by Gasteiger charge is 1.95. The molecule has 2 N–H and O–H groups in total. The summed E-state index contributed by atoms with van der Waals surface area (Å²) < 4.78 is 0. The second-order valence-corrected chi connectivity index (χ2v) is 2.48. The summed E-state index contributed by atoms with van der Waals surface area (Å²) in [6, 6.07) is 2.09. The Labute approximate surface area is 73.2 Å². The van der Waals surface area contributed by atoms with Crippen LogP contribution in [0.15, 0.2) is 12.3 Å². The van der Waals surface area contributed by atoms with E-state index in [2.05, 4.69) is 11.1 Å². The Balaban J connectivity index is 0.000001000. The first-order chi connectivity index (χ1) is 4.74. The Hall–Kier alpha value is -0.600. The van der Waals surface area contributed by atoms with Crippen molar-refractivity contribution in [3.63, 3.8) is 0 Å². The third-order valence-electron chi connectivity index (χ3n) is 1.52. The predicted molar refractivity (Wildman–Crippen MR) is 48.9 cm³/mol. The average Bonchev–Trinajstić information content (AvgIpc) is 1.88. The smallest absolute Gasteiger partial charge is 0.0568 e.